The summed E-state index contributed by atoms with van der Waals surface area (Å²) in [6.45, 7) is 4.67. The normalized spacial score (nSPS) is 12.1. The summed E-state index contributed by atoms with van der Waals surface area (Å²) in [6, 6.07) is 6.81. The summed E-state index contributed by atoms with van der Waals surface area (Å²) in [7, 11) is 1.61. The van der Waals surface area contributed by atoms with Gasteiger partial charge in [-0.2, -0.15) is 0 Å². The third-order valence-corrected chi connectivity index (χ3v) is 2.75. The minimum Gasteiger partial charge on any atom is -0.497 e. The van der Waals surface area contributed by atoms with Gasteiger partial charge in [-0.1, -0.05) is 13.8 Å². The van der Waals surface area contributed by atoms with E-state index in [1.165, 1.54) is 0 Å². The molecule has 5 nitrogen and oxygen atoms in total. The quantitative estimate of drug-likeness (QED) is 0.727. The number of nitrogens with two attached hydrogens (primary N) is 1. The minimum absolute atomic E-state index is 0.127. The Kier molecular flexibility index (Phi) is 6.15. The van der Waals surface area contributed by atoms with Crippen molar-refractivity contribution in [1.29, 1.82) is 0 Å². The van der Waals surface area contributed by atoms with Crippen LogP contribution in [-0.4, -0.2) is 32.2 Å². The van der Waals surface area contributed by atoms with E-state index in [-0.39, 0.29) is 11.8 Å². The molecule has 0 spiro atoms. The largest absolute Gasteiger partial charge is 0.497 e. The Bertz CT molecular complexity index is 390. The topological polar surface area (TPSA) is 73.6 Å². The number of ether oxygens (including phenoxy) is 2. The molecule has 3 N–H and O–H groups in total. The second kappa shape index (κ2) is 7.63. The Morgan fingerprint density at radius 3 is 2.37 bits per heavy atom. The van der Waals surface area contributed by atoms with Crippen molar-refractivity contribution in [1.82, 2.24) is 5.32 Å². The van der Waals surface area contributed by atoms with E-state index in [2.05, 4.69) is 5.32 Å². The molecule has 0 bridgehead atoms. The number of hydrogen-bond acceptors (Lipinski definition) is 4. The van der Waals surface area contributed by atoms with Crippen molar-refractivity contribution in [3.05, 3.63) is 24.3 Å². The van der Waals surface area contributed by atoms with Crippen LogP contribution >= 0.6 is 0 Å². The van der Waals surface area contributed by atoms with Crippen molar-refractivity contribution in [2.45, 2.75) is 19.9 Å². The molecule has 0 fully saturated rings. The second-order valence-electron chi connectivity index (χ2n) is 4.58. The van der Waals surface area contributed by atoms with Gasteiger partial charge in [0.15, 0.2) is 0 Å². The zero-order valence-electron chi connectivity index (χ0n) is 11.7. The molecule has 1 aromatic carbocycles. The minimum atomic E-state index is -0.471. The Hall–Kier alpha value is -1.75. The van der Waals surface area contributed by atoms with Crippen LogP contribution in [0.15, 0.2) is 24.3 Å². The lowest BCUT2D eigenvalue weighted by molar-refractivity contribution is -0.123. The molecule has 0 aliphatic carbocycles. The number of carbonyl (C=O) groups excluding carboxylic acids is 1. The van der Waals surface area contributed by atoms with Crippen LogP contribution in [-0.2, 0) is 4.79 Å². The molecule has 0 unspecified atom stereocenters. The number of nitrogens with one attached hydrogen (secondary N) is 1. The number of rotatable bonds is 7. The molecule has 1 rings (SSSR count). The van der Waals surface area contributed by atoms with Crippen LogP contribution in [0, 0.1) is 5.92 Å². The highest BCUT2D eigenvalue weighted by atomic mass is 16.5. The first-order chi connectivity index (χ1) is 9.04. The average Bonchev–Trinajstić information content (AvgIpc) is 2.43. The van der Waals surface area contributed by atoms with Crippen LogP contribution in [0.3, 0.4) is 0 Å². The Morgan fingerprint density at radius 2 is 1.84 bits per heavy atom. The third kappa shape index (κ3) is 5.18. The third-order valence-electron chi connectivity index (χ3n) is 2.75. The van der Waals surface area contributed by atoms with Gasteiger partial charge in [0, 0.05) is 0 Å². The number of methoxy groups -OCH3 is 1. The van der Waals surface area contributed by atoms with Crippen LogP contribution in [0.1, 0.15) is 13.8 Å². The molecule has 106 valence electrons. The number of carbonyl (C=O) groups is 1. The van der Waals surface area contributed by atoms with E-state index in [9.17, 15) is 4.79 Å². The van der Waals surface area contributed by atoms with E-state index in [0.29, 0.717) is 13.2 Å². The molecule has 0 aliphatic heterocycles. The van der Waals surface area contributed by atoms with Gasteiger partial charge in [0.25, 0.3) is 0 Å². The molecule has 0 radical (unpaired) electrons. The average molecular weight is 266 g/mol. The van der Waals surface area contributed by atoms with Gasteiger partial charge in [-0.05, 0) is 30.2 Å². The van der Waals surface area contributed by atoms with Crippen LogP contribution in [0.2, 0.25) is 0 Å². The van der Waals surface area contributed by atoms with Crippen molar-refractivity contribution >= 4 is 5.91 Å². The molecule has 19 heavy (non-hydrogen) atoms. The lowest BCUT2D eigenvalue weighted by atomic mass is 10.1. The maximum absolute atomic E-state index is 11.6. The van der Waals surface area contributed by atoms with Crippen molar-refractivity contribution in [2.75, 3.05) is 20.3 Å². The lowest BCUT2D eigenvalue weighted by Crippen LogP contribution is -2.45. The Morgan fingerprint density at radius 1 is 1.26 bits per heavy atom. The molecule has 0 aromatic heterocycles. The molecule has 0 heterocycles. The van der Waals surface area contributed by atoms with Gasteiger partial charge < -0.3 is 20.5 Å². The predicted octanol–water partition coefficient (Wildman–Crippen LogP) is 1.17. The van der Waals surface area contributed by atoms with E-state index in [1.54, 1.807) is 7.11 Å². The summed E-state index contributed by atoms with van der Waals surface area (Å²) in [5.74, 6) is 1.50. The maximum atomic E-state index is 11.6. The molecule has 1 amide bonds. The van der Waals surface area contributed by atoms with Gasteiger partial charge >= 0.3 is 0 Å². The summed E-state index contributed by atoms with van der Waals surface area (Å²) in [6.07, 6.45) is 0. The highest BCUT2D eigenvalue weighted by Gasteiger charge is 2.16. The van der Waals surface area contributed by atoms with E-state index < -0.39 is 6.04 Å². The summed E-state index contributed by atoms with van der Waals surface area (Å²) in [5, 5.41) is 2.74. The Labute approximate surface area is 114 Å². The van der Waals surface area contributed by atoms with Crippen LogP contribution < -0.4 is 20.5 Å². The first-order valence-corrected chi connectivity index (χ1v) is 6.34. The number of hydrogen-bond donors (Lipinski definition) is 2. The van der Waals surface area contributed by atoms with Crippen molar-refractivity contribution in [3.63, 3.8) is 0 Å². The lowest BCUT2D eigenvalue weighted by Gasteiger charge is -2.15. The Balaban J connectivity index is 2.25. The standard InChI is InChI=1S/C14H22N2O3/c1-10(2)13(15)14(17)16-8-9-19-12-6-4-11(18-3)5-7-12/h4-7,10,13H,8-9,15H2,1-3H3,(H,16,17)/t13-/m0/s1. The van der Waals surface area contributed by atoms with Gasteiger partial charge in [-0.15, -0.1) is 0 Å². The summed E-state index contributed by atoms with van der Waals surface area (Å²) in [5.41, 5.74) is 5.72. The van der Waals surface area contributed by atoms with Crippen LogP contribution in [0.25, 0.3) is 0 Å². The van der Waals surface area contributed by atoms with Crippen molar-refractivity contribution in [3.8, 4) is 11.5 Å². The molecular weight excluding hydrogens is 244 g/mol. The van der Waals surface area contributed by atoms with Gasteiger partial charge in [-0.25, -0.2) is 0 Å². The van der Waals surface area contributed by atoms with Gasteiger partial charge in [0.1, 0.15) is 18.1 Å². The number of benzene rings is 1. The molecule has 5 heteroatoms. The molecule has 1 aromatic rings. The second-order valence-corrected chi connectivity index (χ2v) is 4.58. The smallest absolute Gasteiger partial charge is 0.237 e. The highest BCUT2D eigenvalue weighted by Crippen LogP contribution is 2.16. The summed E-state index contributed by atoms with van der Waals surface area (Å²) < 4.78 is 10.5. The number of amides is 1. The van der Waals surface area contributed by atoms with E-state index in [1.807, 2.05) is 38.1 Å². The van der Waals surface area contributed by atoms with Crippen molar-refractivity contribution in [2.24, 2.45) is 11.7 Å². The zero-order chi connectivity index (χ0) is 14.3. The fraction of sp³-hybridized carbons (Fsp3) is 0.500. The predicted molar refractivity (Wildman–Crippen MR) is 74.3 cm³/mol. The van der Waals surface area contributed by atoms with Crippen LogP contribution in [0.5, 0.6) is 11.5 Å². The summed E-state index contributed by atoms with van der Waals surface area (Å²) in [4.78, 5) is 11.6. The molecule has 0 aliphatic rings. The van der Waals surface area contributed by atoms with Crippen molar-refractivity contribution < 1.29 is 14.3 Å². The first kappa shape index (κ1) is 15.3. The van der Waals surface area contributed by atoms with E-state index in [4.69, 9.17) is 15.2 Å². The maximum Gasteiger partial charge on any atom is 0.237 e. The molecular formula is C14H22N2O3. The van der Waals surface area contributed by atoms with Crippen LogP contribution in [0.4, 0.5) is 0 Å². The van der Waals surface area contributed by atoms with E-state index >= 15 is 0 Å². The summed E-state index contributed by atoms with van der Waals surface area (Å²) >= 11 is 0. The molecule has 1 atom stereocenters. The van der Waals surface area contributed by atoms with Gasteiger partial charge in [0.05, 0.1) is 19.7 Å². The molecule has 0 saturated carbocycles. The van der Waals surface area contributed by atoms with Gasteiger partial charge in [0.2, 0.25) is 5.91 Å². The molecule has 0 saturated heterocycles. The monoisotopic (exact) mass is 266 g/mol. The fourth-order valence-electron chi connectivity index (χ4n) is 1.44. The highest BCUT2D eigenvalue weighted by molar-refractivity contribution is 5.81. The van der Waals surface area contributed by atoms with Gasteiger partial charge in [-0.3, -0.25) is 4.79 Å². The fourth-order valence-corrected chi connectivity index (χ4v) is 1.44. The zero-order valence-corrected chi connectivity index (χ0v) is 11.7. The van der Waals surface area contributed by atoms with E-state index in [0.717, 1.165) is 11.5 Å². The SMILES string of the molecule is COc1ccc(OCCNC(=O)[C@@H](N)C(C)C)cc1. The first-order valence-electron chi connectivity index (χ1n) is 6.34.